The zero-order chi connectivity index (χ0) is 16.1. The van der Waals surface area contributed by atoms with Crippen LogP contribution in [0.5, 0.6) is 0 Å². The molecule has 2 aliphatic rings. The highest BCUT2D eigenvalue weighted by molar-refractivity contribution is 6.00. The van der Waals surface area contributed by atoms with Crippen molar-refractivity contribution in [3.63, 3.8) is 0 Å². The number of carbonyl (C=O) groups is 3. The van der Waals surface area contributed by atoms with Gasteiger partial charge in [-0.3, -0.25) is 9.59 Å². The number of amides is 2. The first-order valence-corrected chi connectivity index (χ1v) is 7.38. The van der Waals surface area contributed by atoms with Gasteiger partial charge < -0.3 is 19.9 Å². The summed E-state index contributed by atoms with van der Waals surface area (Å²) in [5.41, 5.74) is 2.45. The maximum atomic E-state index is 12.4. The van der Waals surface area contributed by atoms with Gasteiger partial charge in [-0.05, 0) is 11.6 Å². The number of carbonyl (C=O) groups excluding carboxylic acids is 3. The first kappa shape index (κ1) is 13.8. The third kappa shape index (κ3) is 1.86. The fraction of sp³-hybridized carbons (Fsp3) is 0.312. The lowest BCUT2D eigenvalue weighted by molar-refractivity contribution is -0.160. The molecule has 1 saturated heterocycles. The number of methoxy groups -OCH3 is 1. The molecule has 23 heavy (non-hydrogen) atoms. The second-order valence-electron chi connectivity index (χ2n) is 5.73. The highest BCUT2D eigenvalue weighted by atomic mass is 16.5. The van der Waals surface area contributed by atoms with E-state index in [1.165, 1.54) is 12.0 Å². The lowest BCUT2D eigenvalue weighted by Gasteiger charge is -2.42. The van der Waals surface area contributed by atoms with Gasteiger partial charge in [0.25, 0.3) is 0 Å². The third-order valence-electron chi connectivity index (χ3n) is 4.55. The van der Waals surface area contributed by atoms with Gasteiger partial charge in [0.1, 0.15) is 6.04 Å². The topological polar surface area (TPSA) is 91.5 Å². The first-order valence-electron chi connectivity index (χ1n) is 7.38. The average molecular weight is 313 g/mol. The summed E-state index contributed by atoms with van der Waals surface area (Å²) in [6.07, 6.45) is 0.335. The van der Waals surface area contributed by atoms with Gasteiger partial charge >= 0.3 is 5.97 Å². The summed E-state index contributed by atoms with van der Waals surface area (Å²) in [7, 11) is 1.29. The Balaban J connectivity index is 1.94. The minimum Gasteiger partial charge on any atom is -0.467 e. The van der Waals surface area contributed by atoms with Gasteiger partial charge in [0.15, 0.2) is 6.04 Å². The molecule has 0 saturated carbocycles. The van der Waals surface area contributed by atoms with Crippen LogP contribution in [0.1, 0.15) is 17.3 Å². The SMILES string of the molecule is COC(=O)[C@@H]1Cc2c([nH]c3ccccc23)[C@@H]2C(=O)NCC(=O)N12. The number of benzene rings is 1. The lowest BCUT2D eigenvalue weighted by atomic mass is 9.90. The first-order chi connectivity index (χ1) is 11.1. The number of ether oxygens (including phenoxy) is 1. The van der Waals surface area contributed by atoms with E-state index in [0.29, 0.717) is 12.1 Å². The Bertz CT molecular complexity index is 841. The van der Waals surface area contributed by atoms with Gasteiger partial charge in [-0.1, -0.05) is 18.2 Å². The number of H-pyrrole nitrogens is 1. The molecule has 7 nitrogen and oxygen atoms in total. The van der Waals surface area contributed by atoms with Crippen molar-refractivity contribution in [1.29, 1.82) is 0 Å². The smallest absolute Gasteiger partial charge is 0.328 e. The number of nitrogens with one attached hydrogen (secondary N) is 2. The number of rotatable bonds is 1. The normalized spacial score (nSPS) is 23.3. The Kier molecular flexibility index (Phi) is 2.90. The molecule has 1 fully saturated rings. The van der Waals surface area contributed by atoms with E-state index < -0.39 is 18.1 Å². The van der Waals surface area contributed by atoms with Crippen LogP contribution in [0.15, 0.2) is 24.3 Å². The fourth-order valence-electron chi connectivity index (χ4n) is 3.54. The monoisotopic (exact) mass is 313 g/mol. The number of hydrogen-bond acceptors (Lipinski definition) is 4. The fourth-order valence-corrected chi connectivity index (χ4v) is 3.54. The van der Waals surface area contributed by atoms with Crippen molar-refractivity contribution in [2.24, 2.45) is 0 Å². The summed E-state index contributed by atoms with van der Waals surface area (Å²) in [5.74, 6) is -1.07. The summed E-state index contributed by atoms with van der Waals surface area (Å²) in [6.45, 7) is -0.0988. The molecule has 2 amide bonds. The van der Waals surface area contributed by atoms with Crippen LogP contribution in [-0.2, 0) is 25.5 Å². The zero-order valence-electron chi connectivity index (χ0n) is 12.5. The molecule has 118 valence electrons. The van der Waals surface area contributed by atoms with Crippen LogP contribution in [0.4, 0.5) is 0 Å². The molecule has 0 spiro atoms. The van der Waals surface area contributed by atoms with Crippen LogP contribution in [0.2, 0.25) is 0 Å². The van der Waals surface area contributed by atoms with E-state index in [4.69, 9.17) is 4.74 Å². The van der Waals surface area contributed by atoms with Gasteiger partial charge in [-0.25, -0.2) is 4.79 Å². The number of piperazine rings is 1. The molecule has 2 N–H and O–H groups in total. The minimum absolute atomic E-state index is 0.0988. The predicted octanol–water partition coefficient (Wildman–Crippen LogP) is 0.265. The highest BCUT2D eigenvalue weighted by Gasteiger charge is 2.48. The summed E-state index contributed by atoms with van der Waals surface area (Å²) in [6, 6.07) is 6.05. The Morgan fingerprint density at radius 2 is 2.09 bits per heavy atom. The van der Waals surface area contributed by atoms with Crippen LogP contribution in [0, 0.1) is 0 Å². The second kappa shape index (κ2) is 4.84. The molecule has 2 aliphatic heterocycles. The number of hydrogen-bond donors (Lipinski definition) is 2. The van der Waals surface area contributed by atoms with Crippen LogP contribution >= 0.6 is 0 Å². The number of fused-ring (bicyclic) bond motifs is 5. The molecule has 2 aromatic rings. The molecule has 2 atom stereocenters. The number of aromatic nitrogens is 1. The van der Waals surface area contributed by atoms with E-state index in [1.807, 2.05) is 24.3 Å². The summed E-state index contributed by atoms with van der Waals surface area (Å²) >= 11 is 0. The van der Waals surface area contributed by atoms with Gasteiger partial charge in [-0.2, -0.15) is 0 Å². The van der Waals surface area contributed by atoms with Crippen LogP contribution in [0.3, 0.4) is 0 Å². The highest BCUT2D eigenvalue weighted by Crippen LogP contribution is 2.38. The molecule has 7 heteroatoms. The van der Waals surface area contributed by atoms with Crippen molar-refractivity contribution in [2.45, 2.75) is 18.5 Å². The summed E-state index contributed by atoms with van der Waals surface area (Å²) < 4.78 is 4.85. The average Bonchev–Trinajstić information content (AvgIpc) is 2.94. The molecule has 1 aromatic carbocycles. The van der Waals surface area contributed by atoms with Gasteiger partial charge in [0.2, 0.25) is 11.8 Å². The molecule has 4 rings (SSSR count). The van der Waals surface area contributed by atoms with E-state index in [9.17, 15) is 14.4 Å². The van der Waals surface area contributed by atoms with Crippen molar-refractivity contribution in [3.8, 4) is 0 Å². The van der Waals surface area contributed by atoms with E-state index in [0.717, 1.165) is 16.5 Å². The van der Waals surface area contributed by atoms with E-state index >= 15 is 0 Å². The molecule has 0 bridgehead atoms. The number of esters is 1. The molecular weight excluding hydrogens is 298 g/mol. The van der Waals surface area contributed by atoms with Gasteiger partial charge in [0.05, 0.1) is 19.3 Å². The number of para-hydroxylation sites is 1. The predicted molar refractivity (Wildman–Crippen MR) is 80.4 cm³/mol. The number of aromatic amines is 1. The Hall–Kier alpha value is -2.83. The second-order valence-corrected chi connectivity index (χ2v) is 5.73. The zero-order valence-corrected chi connectivity index (χ0v) is 12.5. The third-order valence-corrected chi connectivity index (χ3v) is 4.55. The Morgan fingerprint density at radius 1 is 1.30 bits per heavy atom. The lowest BCUT2D eigenvalue weighted by Crippen LogP contribution is -2.61. The van der Waals surface area contributed by atoms with Gasteiger partial charge in [-0.15, -0.1) is 0 Å². The van der Waals surface area contributed by atoms with Crippen molar-refractivity contribution in [3.05, 3.63) is 35.5 Å². The molecule has 0 radical (unpaired) electrons. The molecular formula is C16H15N3O4. The maximum Gasteiger partial charge on any atom is 0.328 e. The molecule has 3 heterocycles. The molecule has 0 unspecified atom stereocenters. The van der Waals surface area contributed by atoms with Gasteiger partial charge in [0, 0.05) is 17.3 Å². The van der Waals surface area contributed by atoms with Crippen molar-refractivity contribution in [2.75, 3.05) is 13.7 Å². The van der Waals surface area contributed by atoms with E-state index in [2.05, 4.69) is 10.3 Å². The Labute approximate surface area is 131 Å². The molecule has 0 aliphatic carbocycles. The van der Waals surface area contributed by atoms with E-state index in [1.54, 1.807) is 0 Å². The Morgan fingerprint density at radius 3 is 2.87 bits per heavy atom. The quantitative estimate of drug-likeness (QED) is 0.739. The summed E-state index contributed by atoms with van der Waals surface area (Å²) in [4.78, 5) is 41.5. The minimum atomic E-state index is -0.823. The van der Waals surface area contributed by atoms with Crippen LogP contribution < -0.4 is 5.32 Å². The van der Waals surface area contributed by atoms with E-state index in [-0.39, 0.29) is 18.4 Å². The van der Waals surface area contributed by atoms with Crippen molar-refractivity contribution >= 4 is 28.7 Å². The molecule has 1 aromatic heterocycles. The standard InChI is InChI=1S/C16H15N3O4/c1-23-16(22)11-6-9-8-4-2-3-5-10(8)18-13(9)14-15(21)17-7-12(20)19(11)14/h2-5,11,14,18H,6-7H2,1H3,(H,17,21)/t11-,14+/m0/s1. The number of nitrogens with zero attached hydrogens (tertiary/aromatic N) is 1. The maximum absolute atomic E-state index is 12.4. The largest absolute Gasteiger partial charge is 0.467 e. The van der Waals surface area contributed by atoms with Crippen molar-refractivity contribution in [1.82, 2.24) is 15.2 Å². The van der Waals surface area contributed by atoms with Crippen LogP contribution in [0.25, 0.3) is 10.9 Å². The van der Waals surface area contributed by atoms with Crippen LogP contribution in [-0.4, -0.2) is 47.4 Å². The summed E-state index contributed by atoms with van der Waals surface area (Å²) in [5, 5.41) is 3.55. The van der Waals surface area contributed by atoms with Crippen molar-refractivity contribution < 1.29 is 19.1 Å².